The first kappa shape index (κ1) is 20.6. The summed E-state index contributed by atoms with van der Waals surface area (Å²) in [5.41, 5.74) is 6.77. The third-order valence-electron chi connectivity index (χ3n) is 3.66. The molecule has 0 unspecified atom stereocenters. The molecule has 0 aliphatic rings. The number of aryl methyl sites for hydroxylation is 1. The minimum absolute atomic E-state index is 0.177. The molecule has 1 aromatic rings. The van der Waals surface area contributed by atoms with Crippen molar-refractivity contribution >= 4 is 17.8 Å². The molecular weight excluding hydrogens is 322 g/mol. The van der Waals surface area contributed by atoms with Gasteiger partial charge in [0.15, 0.2) is 0 Å². The van der Waals surface area contributed by atoms with Crippen LogP contribution in [0.5, 0.6) is 0 Å². The molecule has 0 spiro atoms. The Balaban J connectivity index is 2.43. The van der Waals surface area contributed by atoms with Gasteiger partial charge in [-0.25, -0.2) is 4.79 Å². The van der Waals surface area contributed by atoms with Gasteiger partial charge in [0.1, 0.15) is 6.04 Å². The van der Waals surface area contributed by atoms with Crippen LogP contribution >= 0.6 is 0 Å². The zero-order valence-corrected chi connectivity index (χ0v) is 14.7. The molecule has 25 heavy (non-hydrogen) atoms. The van der Waals surface area contributed by atoms with E-state index in [2.05, 4.69) is 10.6 Å². The number of rotatable bonds is 10. The first-order chi connectivity index (χ1) is 11.8. The van der Waals surface area contributed by atoms with Gasteiger partial charge in [0.25, 0.3) is 0 Å². The lowest BCUT2D eigenvalue weighted by atomic mass is 10.0. The fraction of sp³-hybridized carbons (Fsp3) is 0.500. The summed E-state index contributed by atoms with van der Waals surface area (Å²) in [7, 11) is 0. The SMILES string of the molecule is CC(C)C[C@H](N)C(=O)N[C@@H](CNC(=O)CCc1ccccc1)C(=O)O. The van der Waals surface area contributed by atoms with Gasteiger partial charge in [0.2, 0.25) is 11.8 Å². The molecule has 1 aromatic carbocycles. The molecule has 0 radical (unpaired) electrons. The van der Waals surface area contributed by atoms with Crippen LogP contribution < -0.4 is 16.4 Å². The summed E-state index contributed by atoms with van der Waals surface area (Å²) < 4.78 is 0. The maximum atomic E-state index is 11.9. The normalized spacial score (nSPS) is 13.1. The molecule has 1 rings (SSSR count). The topological polar surface area (TPSA) is 122 Å². The summed E-state index contributed by atoms with van der Waals surface area (Å²) in [6.07, 6.45) is 1.27. The third kappa shape index (κ3) is 8.30. The van der Waals surface area contributed by atoms with E-state index in [1.807, 2.05) is 44.2 Å². The summed E-state index contributed by atoms with van der Waals surface area (Å²) in [5.74, 6) is -1.79. The van der Waals surface area contributed by atoms with E-state index >= 15 is 0 Å². The van der Waals surface area contributed by atoms with Gasteiger partial charge in [-0.1, -0.05) is 44.2 Å². The van der Waals surface area contributed by atoms with Crippen molar-refractivity contribution in [2.24, 2.45) is 11.7 Å². The van der Waals surface area contributed by atoms with Crippen molar-refractivity contribution in [2.75, 3.05) is 6.54 Å². The largest absolute Gasteiger partial charge is 0.480 e. The smallest absolute Gasteiger partial charge is 0.328 e. The number of nitrogens with two attached hydrogens (primary N) is 1. The Morgan fingerprint density at radius 3 is 2.36 bits per heavy atom. The standard InChI is InChI=1S/C18H27N3O4/c1-12(2)10-14(19)17(23)21-15(18(24)25)11-20-16(22)9-8-13-6-4-3-5-7-13/h3-7,12,14-15H,8-11,19H2,1-2H3,(H,20,22)(H,21,23)(H,24,25)/t14-,15-/m0/s1. The lowest BCUT2D eigenvalue weighted by Gasteiger charge is -2.19. The zero-order valence-electron chi connectivity index (χ0n) is 14.7. The second kappa shape index (κ2) is 10.5. The number of carbonyl (C=O) groups is 3. The molecule has 0 bridgehead atoms. The van der Waals surface area contributed by atoms with Crippen LogP contribution in [0.3, 0.4) is 0 Å². The summed E-state index contributed by atoms with van der Waals surface area (Å²) in [4.78, 5) is 35.1. The molecule has 0 aliphatic heterocycles. The van der Waals surface area contributed by atoms with Gasteiger partial charge in [-0.3, -0.25) is 9.59 Å². The monoisotopic (exact) mass is 349 g/mol. The molecule has 2 amide bonds. The molecule has 0 fully saturated rings. The molecule has 2 atom stereocenters. The molecule has 7 heteroatoms. The highest BCUT2D eigenvalue weighted by molar-refractivity contribution is 5.87. The van der Waals surface area contributed by atoms with Crippen molar-refractivity contribution < 1.29 is 19.5 Å². The second-order valence-corrected chi connectivity index (χ2v) is 6.43. The van der Waals surface area contributed by atoms with E-state index in [0.29, 0.717) is 12.8 Å². The van der Waals surface area contributed by atoms with E-state index in [-0.39, 0.29) is 24.8 Å². The van der Waals surface area contributed by atoms with E-state index in [1.165, 1.54) is 0 Å². The average Bonchev–Trinajstić information content (AvgIpc) is 2.56. The van der Waals surface area contributed by atoms with Crippen LogP contribution in [0.15, 0.2) is 30.3 Å². The minimum atomic E-state index is -1.21. The number of amides is 2. The predicted octanol–water partition coefficient (Wildman–Crippen LogP) is 0.678. The lowest BCUT2D eigenvalue weighted by molar-refractivity contribution is -0.142. The van der Waals surface area contributed by atoms with Crippen LogP contribution in [-0.2, 0) is 20.8 Å². The Kier molecular flexibility index (Phi) is 8.63. The molecule has 0 saturated carbocycles. The fourth-order valence-electron chi connectivity index (χ4n) is 2.30. The molecule has 7 nitrogen and oxygen atoms in total. The number of aliphatic carboxylic acids is 1. The van der Waals surface area contributed by atoms with Crippen molar-refractivity contribution in [1.29, 1.82) is 0 Å². The summed E-state index contributed by atoms with van der Waals surface area (Å²) >= 11 is 0. The Morgan fingerprint density at radius 2 is 1.80 bits per heavy atom. The van der Waals surface area contributed by atoms with Gasteiger partial charge in [-0.2, -0.15) is 0 Å². The van der Waals surface area contributed by atoms with E-state index in [0.717, 1.165) is 5.56 Å². The molecule has 0 aliphatic carbocycles. The quantitative estimate of drug-likeness (QED) is 0.495. The second-order valence-electron chi connectivity index (χ2n) is 6.43. The van der Waals surface area contributed by atoms with E-state index in [1.54, 1.807) is 0 Å². The van der Waals surface area contributed by atoms with Crippen LogP contribution in [0.2, 0.25) is 0 Å². The number of hydrogen-bond acceptors (Lipinski definition) is 4. The summed E-state index contributed by atoms with van der Waals surface area (Å²) in [6.45, 7) is 3.67. The highest BCUT2D eigenvalue weighted by atomic mass is 16.4. The number of carboxylic acids is 1. The summed E-state index contributed by atoms with van der Waals surface area (Å²) in [6, 6.07) is 7.55. The van der Waals surface area contributed by atoms with Crippen molar-refractivity contribution in [2.45, 2.75) is 45.2 Å². The van der Waals surface area contributed by atoms with Crippen LogP contribution in [0.4, 0.5) is 0 Å². The first-order valence-electron chi connectivity index (χ1n) is 8.39. The van der Waals surface area contributed by atoms with Crippen molar-refractivity contribution in [3.05, 3.63) is 35.9 Å². The average molecular weight is 349 g/mol. The maximum Gasteiger partial charge on any atom is 0.328 e. The maximum absolute atomic E-state index is 11.9. The zero-order chi connectivity index (χ0) is 18.8. The Labute approximate surface area is 148 Å². The lowest BCUT2D eigenvalue weighted by Crippen LogP contribution is -2.53. The molecule has 0 aromatic heterocycles. The van der Waals surface area contributed by atoms with Crippen LogP contribution in [0.1, 0.15) is 32.3 Å². The molecule has 0 saturated heterocycles. The minimum Gasteiger partial charge on any atom is -0.480 e. The molecular formula is C18H27N3O4. The van der Waals surface area contributed by atoms with Crippen molar-refractivity contribution in [3.8, 4) is 0 Å². The number of carboxylic acid groups (broad SMARTS) is 1. The number of carbonyl (C=O) groups excluding carboxylic acids is 2. The number of nitrogens with one attached hydrogen (secondary N) is 2. The van der Waals surface area contributed by atoms with E-state index < -0.39 is 24.0 Å². The first-order valence-corrected chi connectivity index (χ1v) is 8.39. The molecule has 5 N–H and O–H groups in total. The summed E-state index contributed by atoms with van der Waals surface area (Å²) in [5, 5.41) is 14.1. The van der Waals surface area contributed by atoms with Gasteiger partial charge < -0.3 is 21.5 Å². The molecule has 0 heterocycles. The van der Waals surface area contributed by atoms with Crippen LogP contribution in [0, 0.1) is 5.92 Å². The van der Waals surface area contributed by atoms with Crippen molar-refractivity contribution in [3.63, 3.8) is 0 Å². The number of hydrogen-bond donors (Lipinski definition) is 4. The highest BCUT2D eigenvalue weighted by Crippen LogP contribution is 2.03. The Morgan fingerprint density at radius 1 is 1.16 bits per heavy atom. The Bertz CT molecular complexity index is 575. The van der Waals surface area contributed by atoms with E-state index in [4.69, 9.17) is 5.73 Å². The predicted molar refractivity (Wildman–Crippen MR) is 94.8 cm³/mol. The van der Waals surface area contributed by atoms with Gasteiger partial charge >= 0.3 is 5.97 Å². The third-order valence-corrected chi connectivity index (χ3v) is 3.66. The van der Waals surface area contributed by atoms with E-state index in [9.17, 15) is 19.5 Å². The highest BCUT2D eigenvalue weighted by Gasteiger charge is 2.24. The van der Waals surface area contributed by atoms with Crippen LogP contribution in [0.25, 0.3) is 0 Å². The Hall–Kier alpha value is -2.41. The van der Waals surface area contributed by atoms with Gasteiger partial charge in [0.05, 0.1) is 6.04 Å². The van der Waals surface area contributed by atoms with Crippen molar-refractivity contribution in [1.82, 2.24) is 10.6 Å². The van der Waals surface area contributed by atoms with Gasteiger partial charge in [0, 0.05) is 13.0 Å². The van der Waals surface area contributed by atoms with Crippen LogP contribution in [-0.4, -0.2) is 41.5 Å². The number of benzene rings is 1. The fourth-order valence-corrected chi connectivity index (χ4v) is 2.30. The van der Waals surface area contributed by atoms with Gasteiger partial charge in [-0.15, -0.1) is 0 Å². The van der Waals surface area contributed by atoms with Gasteiger partial charge in [-0.05, 0) is 24.3 Å². The molecule has 138 valence electrons.